The highest BCUT2D eigenvalue weighted by Gasteiger charge is 2.61. The van der Waals surface area contributed by atoms with Crippen molar-refractivity contribution in [3.63, 3.8) is 0 Å². The molecule has 26 heavy (non-hydrogen) atoms. The van der Waals surface area contributed by atoms with Gasteiger partial charge in [0.25, 0.3) is 0 Å². The molecule has 4 saturated carbocycles. The molecule has 4 aliphatic carbocycles. The van der Waals surface area contributed by atoms with Gasteiger partial charge in [-0.25, -0.2) is 0 Å². The zero-order chi connectivity index (χ0) is 18.7. The molecule has 0 saturated heterocycles. The third kappa shape index (κ3) is 2.58. The number of carbonyl (C=O) groups excluding carboxylic acids is 1. The smallest absolute Gasteiger partial charge is 0.133 e. The molecular weight excluding hydrogens is 316 g/mol. The monoisotopic (exact) mass is 358 g/mol. The van der Waals surface area contributed by atoms with Crippen LogP contribution in [-0.4, -0.2) is 5.78 Å². The van der Waals surface area contributed by atoms with Crippen LogP contribution in [0.15, 0.2) is 0 Å². The molecule has 0 heterocycles. The van der Waals surface area contributed by atoms with Gasteiger partial charge in [0, 0.05) is 5.92 Å². The van der Waals surface area contributed by atoms with Crippen LogP contribution in [0.25, 0.3) is 0 Å². The molecule has 148 valence electrons. The Morgan fingerprint density at radius 3 is 2.35 bits per heavy atom. The van der Waals surface area contributed by atoms with Crippen LogP contribution in [0, 0.1) is 45.8 Å². The Kier molecular flexibility index (Phi) is 4.64. The van der Waals surface area contributed by atoms with E-state index in [-0.39, 0.29) is 0 Å². The van der Waals surface area contributed by atoms with Gasteiger partial charge in [-0.3, -0.25) is 4.79 Å². The van der Waals surface area contributed by atoms with Gasteiger partial charge in [0.1, 0.15) is 5.78 Å². The minimum Gasteiger partial charge on any atom is -0.300 e. The lowest BCUT2D eigenvalue weighted by molar-refractivity contribution is -0.166. The first-order valence-electron chi connectivity index (χ1n) is 11.7. The van der Waals surface area contributed by atoms with Gasteiger partial charge in [-0.05, 0) is 98.2 Å². The molecule has 0 amide bonds. The number of rotatable bonds is 1. The molecule has 4 aliphatic rings. The fourth-order valence-electron chi connectivity index (χ4n) is 9.07. The van der Waals surface area contributed by atoms with Crippen LogP contribution in [0.1, 0.15) is 105 Å². The number of ketones is 1. The molecule has 0 aromatic heterocycles. The van der Waals surface area contributed by atoms with Gasteiger partial charge >= 0.3 is 0 Å². The molecule has 0 N–H and O–H groups in total. The number of fused-ring (bicyclic) bond motifs is 5. The molecular formula is C25H42O. The van der Waals surface area contributed by atoms with Gasteiger partial charge in [-0.2, -0.15) is 0 Å². The summed E-state index contributed by atoms with van der Waals surface area (Å²) in [4.78, 5) is 12.4. The lowest BCUT2D eigenvalue weighted by Crippen LogP contribution is -2.58. The van der Waals surface area contributed by atoms with Crippen molar-refractivity contribution in [2.45, 2.75) is 105 Å². The summed E-state index contributed by atoms with van der Waals surface area (Å²) >= 11 is 0. The van der Waals surface area contributed by atoms with Gasteiger partial charge < -0.3 is 0 Å². The molecule has 0 bridgehead atoms. The van der Waals surface area contributed by atoms with Crippen LogP contribution in [0.2, 0.25) is 0 Å². The van der Waals surface area contributed by atoms with Crippen LogP contribution in [0.3, 0.4) is 0 Å². The number of hydrogen-bond donors (Lipinski definition) is 0. The first-order valence-corrected chi connectivity index (χ1v) is 11.7. The maximum atomic E-state index is 12.4. The molecule has 0 aromatic carbocycles. The van der Waals surface area contributed by atoms with Crippen LogP contribution >= 0.6 is 0 Å². The maximum Gasteiger partial charge on any atom is 0.133 e. The van der Waals surface area contributed by atoms with E-state index in [4.69, 9.17) is 0 Å². The first-order chi connectivity index (χ1) is 12.2. The van der Waals surface area contributed by atoms with E-state index in [2.05, 4.69) is 27.7 Å². The van der Waals surface area contributed by atoms with Crippen molar-refractivity contribution in [3.05, 3.63) is 0 Å². The lowest BCUT2D eigenvalue weighted by Gasteiger charge is -2.65. The molecule has 0 aliphatic heterocycles. The van der Waals surface area contributed by atoms with Gasteiger partial charge in [-0.15, -0.1) is 0 Å². The van der Waals surface area contributed by atoms with Crippen molar-refractivity contribution in [1.82, 2.24) is 0 Å². The zero-order valence-corrected chi connectivity index (χ0v) is 18.1. The molecule has 8 atom stereocenters. The second-order valence-electron chi connectivity index (χ2n) is 11.7. The molecule has 7 unspecified atom stereocenters. The predicted octanol–water partition coefficient (Wildman–Crippen LogP) is 7.04. The van der Waals surface area contributed by atoms with Crippen LogP contribution < -0.4 is 0 Å². The third-order valence-electron chi connectivity index (χ3n) is 10.6. The molecule has 4 rings (SSSR count). The van der Waals surface area contributed by atoms with Gasteiger partial charge in [0.15, 0.2) is 0 Å². The van der Waals surface area contributed by atoms with E-state index >= 15 is 0 Å². The minimum absolute atomic E-state index is 0.299. The maximum absolute atomic E-state index is 12.4. The molecule has 0 radical (unpaired) electrons. The number of carbonyl (C=O) groups is 1. The van der Waals surface area contributed by atoms with E-state index in [1.54, 1.807) is 0 Å². The summed E-state index contributed by atoms with van der Waals surface area (Å²) < 4.78 is 0. The van der Waals surface area contributed by atoms with E-state index < -0.39 is 0 Å². The van der Waals surface area contributed by atoms with E-state index in [1.807, 2.05) is 6.92 Å². The standard InChI is InChI=1S/C25H42O/c1-17-8-7-13-25(5)22-12-15-24(4)20(18(2)26)9-6-10-21(24)19(22)11-14-23(25,3)16-17/h17,19-22H,6-16H2,1-5H3/t17?,19?,20?,21?,22?,23-,24?,25?/m1/s1. The van der Waals surface area contributed by atoms with Crippen molar-refractivity contribution >= 4 is 5.78 Å². The quantitative estimate of drug-likeness (QED) is 0.491. The normalized spacial score (nSPS) is 54.4. The summed E-state index contributed by atoms with van der Waals surface area (Å²) in [6, 6.07) is 0. The Balaban J connectivity index is 1.67. The van der Waals surface area contributed by atoms with Gasteiger partial charge in [0.2, 0.25) is 0 Å². The van der Waals surface area contributed by atoms with Crippen LogP contribution in [0.4, 0.5) is 0 Å². The molecule has 0 aromatic rings. The van der Waals surface area contributed by atoms with E-state index in [9.17, 15) is 4.79 Å². The summed E-state index contributed by atoms with van der Waals surface area (Å²) in [5.74, 6) is 4.34. The second-order valence-corrected chi connectivity index (χ2v) is 11.7. The fourth-order valence-corrected chi connectivity index (χ4v) is 9.07. The van der Waals surface area contributed by atoms with Crippen LogP contribution in [0.5, 0.6) is 0 Å². The van der Waals surface area contributed by atoms with E-state index in [1.165, 1.54) is 64.2 Å². The Bertz CT molecular complexity index is 567. The molecule has 1 heteroatoms. The summed E-state index contributed by atoms with van der Waals surface area (Å²) in [6.45, 7) is 12.2. The molecule has 4 fully saturated rings. The van der Waals surface area contributed by atoms with Crippen molar-refractivity contribution < 1.29 is 4.79 Å². The summed E-state index contributed by atoms with van der Waals surface area (Å²) in [5, 5.41) is 0. The summed E-state index contributed by atoms with van der Waals surface area (Å²) in [7, 11) is 0. The van der Waals surface area contributed by atoms with Gasteiger partial charge in [0.05, 0.1) is 0 Å². The third-order valence-corrected chi connectivity index (χ3v) is 10.6. The number of hydrogen-bond acceptors (Lipinski definition) is 1. The molecule has 0 spiro atoms. The highest BCUT2D eigenvalue weighted by atomic mass is 16.1. The Hall–Kier alpha value is -0.330. The second kappa shape index (κ2) is 6.35. The Morgan fingerprint density at radius 2 is 1.62 bits per heavy atom. The SMILES string of the molecule is CC(=O)C1CCCC2C3CC[C@]4(C)CC(C)CCCC4(C)C3CCC12C. The predicted molar refractivity (Wildman–Crippen MR) is 109 cm³/mol. The average Bonchev–Trinajstić information content (AvgIpc) is 2.68. The van der Waals surface area contributed by atoms with Crippen molar-refractivity contribution in [2.75, 3.05) is 0 Å². The van der Waals surface area contributed by atoms with E-state index in [0.717, 1.165) is 30.1 Å². The summed E-state index contributed by atoms with van der Waals surface area (Å²) in [6.07, 6.45) is 15.2. The van der Waals surface area contributed by atoms with Gasteiger partial charge in [-0.1, -0.05) is 47.0 Å². The van der Waals surface area contributed by atoms with Crippen LogP contribution in [-0.2, 0) is 4.79 Å². The summed E-state index contributed by atoms with van der Waals surface area (Å²) in [5.41, 5.74) is 1.38. The Labute approximate surface area is 162 Å². The van der Waals surface area contributed by atoms with Crippen molar-refractivity contribution in [2.24, 2.45) is 45.8 Å². The largest absolute Gasteiger partial charge is 0.300 e. The zero-order valence-electron chi connectivity index (χ0n) is 18.1. The van der Waals surface area contributed by atoms with E-state index in [0.29, 0.717) is 27.9 Å². The number of Topliss-reactive ketones (excluding diaryl/α,β-unsaturated/α-hetero) is 1. The van der Waals surface area contributed by atoms with Crippen molar-refractivity contribution in [1.29, 1.82) is 0 Å². The lowest BCUT2D eigenvalue weighted by atomic mass is 9.39. The fraction of sp³-hybridized carbons (Fsp3) is 0.960. The average molecular weight is 359 g/mol. The Morgan fingerprint density at radius 1 is 0.846 bits per heavy atom. The highest BCUT2D eigenvalue weighted by Crippen LogP contribution is 2.69. The van der Waals surface area contributed by atoms with Crippen molar-refractivity contribution in [3.8, 4) is 0 Å². The highest BCUT2D eigenvalue weighted by molar-refractivity contribution is 5.79. The molecule has 1 nitrogen and oxygen atoms in total. The topological polar surface area (TPSA) is 17.1 Å². The first kappa shape index (κ1) is 19.0. The minimum atomic E-state index is 0.299.